The molecule has 41 heavy (non-hydrogen) atoms. The number of nitrogens with zero attached hydrogens (tertiary/aromatic N) is 3. The van der Waals surface area contributed by atoms with Gasteiger partial charge in [-0.15, -0.1) is 0 Å². The van der Waals surface area contributed by atoms with Gasteiger partial charge in [0.2, 0.25) is 0 Å². The fraction of sp³-hybridized carbons (Fsp3) is 0.214. The highest BCUT2D eigenvalue weighted by Gasteiger charge is 2.31. The zero-order chi connectivity index (χ0) is 29.9. The number of benzene rings is 3. The Bertz CT molecular complexity index is 1700. The lowest BCUT2D eigenvalue weighted by atomic mass is 10.1. The molecule has 1 heterocycles. The highest BCUT2D eigenvalue weighted by molar-refractivity contribution is 9.13. The quantitative estimate of drug-likeness (QED) is 0.148. The van der Waals surface area contributed by atoms with Crippen LogP contribution in [-0.2, 0) is 15.7 Å². The van der Waals surface area contributed by atoms with Gasteiger partial charge in [0.1, 0.15) is 0 Å². The predicted molar refractivity (Wildman–Crippen MR) is 155 cm³/mol. The van der Waals surface area contributed by atoms with E-state index in [0.29, 0.717) is 20.0 Å². The summed E-state index contributed by atoms with van der Waals surface area (Å²) in [4.78, 5) is 29.9. The summed E-state index contributed by atoms with van der Waals surface area (Å²) in [7, 11) is 1.40. The second-order valence-corrected chi connectivity index (χ2v) is 10.4. The van der Waals surface area contributed by atoms with Gasteiger partial charge in [-0.25, -0.2) is 9.78 Å². The molecule has 0 saturated heterocycles. The number of halogens is 5. The highest BCUT2D eigenvalue weighted by Crippen LogP contribution is 2.42. The lowest BCUT2D eigenvalue weighted by Crippen LogP contribution is -2.20. The van der Waals surface area contributed by atoms with E-state index in [9.17, 15) is 22.8 Å². The average Bonchev–Trinajstić information content (AvgIpc) is 2.93. The van der Waals surface area contributed by atoms with E-state index in [1.807, 2.05) is 0 Å². The van der Waals surface area contributed by atoms with Crippen molar-refractivity contribution in [1.29, 1.82) is 0 Å². The van der Waals surface area contributed by atoms with Crippen LogP contribution in [-0.4, -0.2) is 41.7 Å². The van der Waals surface area contributed by atoms with Crippen LogP contribution in [0.4, 0.5) is 13.2 Å². The van der Waals surface area contributed by atoms with Crippen molar-refractivity contribution in [1.82, 2.24) is 9.66 Å². The van der Waals surface area contributed by atoms with Crippen LogP contribution >= 0.6 is 31.9 Å². The van der Waals surface area contributed by atoms with Gasteiger partial charge in [0.15, 0.2) is 23.9 Å². The zero-order valence-corrected chi connectivity index (χ0v) is 25.0. The van der Waals surface area contributed by atoms with E-state index in [1.54, 1.807) is 44.2 Å². The number of rotatable bonds is 8. The summed E-state index contributed by atoms with van der Waals surface area (Å²) in [6, 6.07) is 12.5. The molecule has 0 spiro atoms. The molecular formula is C28H22Br2F3N3O5. The number of carbonyl (C=O) groups is 1. The number of alkyl halides is 3. The van der Waals surface area contributed by atoms with Crippen LogP contribution < -0.4 is 15.0 Å². The Labute approximate surface area is 249 Å². The van der Waals surface area contributed by atoms with Crippen molar-refractivity contribution in [2.75, 3.05) is 13.7 Å². The predicted octanol–water partition coefficient (Wildman–Crippen LogP) is 6.83. The van der Waals surface area contributed by atoms with Crippen LogP contribution in [0.25, 0.3) is 22.3 Å². The Morgan fingerprint density at radius 1 is 1.10 bits per heavy atom. The highest BCUT2D eigenvalue weighted by atomic mass is 79.9. The molecule has 1 aromatic heterocycles. The molecule has 0 radical (unpaired) electrons. The monoisotopic (exact) mass is 695 g/mol. The molecule has 0 atom stereocenters. The van der Waals surface area contributed by atoms with E-state index in [2.05, 4.69) is 41.9 Å². The summed E-state index contributed by atoms with van der Waals surface area (Å²) in [5, 5.41) is 4.55. The normalized spacial score (nSPS) is 11.8. The van der Waals surface area contributed by atoms with Crippen LogP contribution in [0.2, 0.25) is 0 Å². The molecule has 0 aliphatic carbocycles. The van der Waals surface area contributed by atoms with Crippen LogP contribution in [0.3, 0.4) is 0 Å². The molecule has 8 nitrogen and oxygen atoms in total. The van der Waals surface area contributed by atoms with Gasteiger partial charge >= 0.3 is 12.1 Å². The van der Waals surface area contributed by atoms with Crippen LogP contribution in [0, 0.1) is 0 Å². The van der Waals surface area contributed by atoms with Gasteiger partial charge in [-0.1, -0.05) is 24.3 Å². The molecular weight excluding hydrogens is 675 g/mol. The third kappa shape index (κ3) is 6.79. The first-order valence-corrected chi connectivity index (χ1v) is 13.6. The molecule has 13 heteroatoms. The largest absolute Gasteiger partial charge is 0.493 e. The van der Waals surface area contributed by atoms with E-state index in [1.165, 1.54) is 25.5 Å². The maximum Gasteiger partial charge on any atom is 0.416 e. The number of hydrogen-bond donors (Lipinski definition) is 0. The Hall–Kier alpha value is -3.71. The summed E-state index contributed by atoms with van der Waals surface area (Å²) in [6.07, 6.45) is -3.58. The summed E-state index contributed by atoms with van der Waals surface area (Å²) < 4.78 is 58.3. The van der Waals surface area contributed by atoms with Gasteiger partial charge in [0.05, 0.1) is 40.4 Å². The first kappa shape index (κ1) is 30.3. The van der Waals surface area contributed by atoms with E-state index in [4.69, 9.17) is 14.2 Å². The summed E-state index contributed by atoms with van der Waals surface area (Å²) >= 11 is 6.87. The fourth-order valence-corrected chi connectivity index (χ4v) is 4.72. The molecule has 4 aromatic rings. The fourth-order valence-electron chi connectivity index (χ4n) is 3.78. The molecule has 214 valence electrons. The number of aromatic nitrogens is 2. The van der Waals surface area contributed by atoms with Crippen molar-refractivity contribution < 1.29 is 32.2 Å². The van der Waals surface area contributed by atoms with Crippen molar-refractivity contribution in [2.24, 2.45) is 5.10 Å². The van der Waals surface area contributed by atoms with Crippen LogP contribution in [0.15, 0.2) is 73.4 Å². The second kappa shape index (κ2) is 12.4. The minimum Gasteiger partial charge on any atom is -0.493 e. The SMILES string of the molecule is COc1cc(C=Nn2c(-c3cccc(C(F)(F)F)c3)nc3ccccc3c2=O)c(Br)c(Br)c1OCC(=O)OC(C)C. The first-order valence-electron chi connectivity index (χ1n) is 12.0. The molecule has 0 aliphatic rings. The molecule has 4 rings (SSSR count). The van der Waals surface area contributed by atoms with Crippen molar-refractivity contribution >= 4 is 54.9 Å². The Kier molecular flexibility index (Phi) is 9.17. The minimum absolute atomic E-state index is 0.0506. The summed E-state index contributed by atoms with van der Waals surface area (Å²) in [6.45, 7) is 3.06. The van der Waals surface area contributed by atoms with Gasteiger partial charge < -0.3 is 14.2 Å². The number of para-hydroxylation sites is 1. The minimum atomic E-state index is -4.59. The zero-order valence-electron chi connectivity index (χ0n) is 21.8. The molecule has 0 aliphatic heterocycles. The Morgan fingerprint density at radius 2 is 1.83 bits per heavy atom. The van der Waals surface area contributed by atoms with E-state index in [-0.39, 0.29) is 41.0 Å². The van der Waals surface area contributed by atoms with Gasteiger partial charge in [-0.3, -0.25) is 4.79 Å². The van der Waals surface area contributed by atoms with Crippen molar-refractivity contribution in [3.05, 3.63) is 85.0 Å². The first-order chi connectivity index (χ1) is 19.4. The number of fused-ring (bicyclic) bond motifs is 1. The Balaban J connectivity index is 1.81. The number of methoxy groups -OCH3 is 1. The van der Waals surface area contributed by atoms with E-state index >= 15 is 0 Å². The molecule has 0 N–H and O–H groups in total. The topological polar surface area (TPSA) is 92.0 Å². The number of esters is 1. The molecule has 0 bridgehead atoms. The Morgan fingerprint density at radius 3 is 2.51 bits per heavy atom. The van der Waals surface area contributed by atoms with Crippen LogP contribution in [0.5, 0.6) is 11.5 Å². The van der Waals surface area contributed by atoms with E-state index < -0.39 is 23.3 Å². The molecule has 0 unspecified atom stereocenters. The van der Waals surface area contributed by atoms with Gasteiger partial charge in [0, 0.05) is 15.6 Å². The van der Waals surface area contributed by atoms with Crippen molar-refractivity contribution in [3.8, 4) is 22.9 Å². The smallest absolute Gasteiger partial charge is 0.416 e. The third-order valence-corrected chi connectivity index (χ3v) is 7.73. The van der Waals surface area contributed by atoms with Crippen LogP contribution in [0.1, 0.15) is 25.0 Å². The summed E-state index contributed by atoms with van der Waals surface area (Å²) in [5.41, 5.74) is -0.697. The lowest BCUT2D eigenvalue weighted by Gasteiger charge is -2.16. The lowest BCUT2D eigenvalue weighted by molar-refractivity contribution is -0.149. The molecule has 0 amide bonds. The van der Waals surface area contributed by atoms with Gasteiger partial charge in [-0.2, -0.15) is 22.9 Å². The molecule has 0 saturated carbocycles. The maximum absolute atomic E-state index is 13.5. The number of carbonyl (C=O) groups excluding carboxylic acids is 1. The number of hydrogen-bond acceptors (Lipinski definition) is 7. The molecule has 3 aromatic carbocycles. The standard InChI is InChI=1S/C28H22Br2F3N3O5/c1-15(2)41-22(37)14-40-25-21(39-3)12-17(23(29)24(25)30)13-34-36-26(16-7-6-8-18(11-16)28(31,32)33)35-20-10-5-4-9-19(20)27(36)38/h4-13,15H,14H2,1-3H3. The average molecular weight is 697 g/mol. The second-order valence-electron chi connectivity index (χ2n) is 8.85. The number of ether oxygens (including phenoxy) is 3. The van der Waals surface area contributed by atoms with Crippen molar-refractivity contribution in [2.45, 2.75) is 26.1 Å². The third-order valence-electron chi connectivity index (χ3n) is 5.59. The van der Waals surface area contributed by atoms with E-state index in [0.717, 1.165) is 16.8 Å². The van der Waals surface area contributed by atoms with Crippen molar-refractivity contribution in [3.63, 3.8) is 0 Å². The van der Waals surface area contributed by atoms with Gasteiger partial charge in [0.25, 0.3) is 5.56 Å². The molecule has 0 fully saturated rings. The maximum atomic E-state index is 13.5. The summed E-state index contributed by atoms with van der Waals surface area (Å²) in [5.74, 6) is -0.199. The van der Waals surface area contributed by atoms with Gasteiger partial charge in [-0.05, 0) is 76.0 Å².